The van der Waals surface area contributed by atoms with Crippen LogP contribution in [0.5, 0.6) is 0 Å². The zero-order valence-corrected chi connectivity index (χ0v) is 8.43. The van der Waals surface area contributed by atoms with Crippen LogP contribution < -0.4 is 5.32 Å². The second-order valence-corrected chi connectivity index (χ2v) is 3.97. The zero-order chi connectivity index (χ0) is 9.31. The Labute approximate surface area is 83.3 Å². The number of alkyl halides is 1. The van der Waals surface area contributed by atoms with Crippen molar-refractivity contribution in [3.05, 3.63) is 23.9 Å². The van der Waals surface area contributed by atoms with Crippen LogP contribution in [-0.4, -0.2) is 16.4 Å². The van der Waals surface area contributed by atoms with Crippen LogP contribution >= 0.6 is 11.6 Å². The van der Waals surface area contributed by atoms with Crippen molar-refractivity contribution in [1.29, 1.82) is 0 Å². The molecule has 0 atom stereocenters. The number of hydrogen-bond donors (Lipinski definition) is 1. The average molecular weight is 197 g/mol. The summed E-state index contributed by atoms with van der Waals surface area (Å²) in [5.41, 5.74) is 1.18. The van der Waals surface area contributed by atoms with Gasteiger partial charge in [0.25, 0.3) is 0 Å². The molecule has 1 aliphatic carbocycles. The van der Waals surface area contributed by atoms with Crippen LogP contribution in [0.25, 0.3) is 0 Å². The van der Waals surface area contributed by atoms with Gasteiger partial charge in [-0.3, -0.25) is 0 Å². The molecule has 1 fully saturated rings. The Kier molecular flexibility index (Phi) is 2.16. The van der Waals surface area contributed by atoms with Gasteiger partial charge in [0.05, 0.1) is 5.54 Å². The maximum atomic E-state index is 5.86. The van der Waals surface area contributed by atoms with Crippen molar-refractivity contribution in [2.75, 3.05) is 11.2 Å². The van der Waals surface area contributed by atoms with Crippen molar-refractivity contribution >= 4 is 17.4 Å². The molecule has 0 bridgehead atoms. The van der Waals surface area contributed by atoms with Gasteiger partial charge in [-0.1, -0.05) is 6.07 Å². The Morgan fingerprint density at radius 3 is 2.85 bits per heavy atom. The van der Waals surface area contributed by atoms with Crippen molar-refractivity contribution in [2.24, 2.45) is 0 Å². The molecular formula is C10H13ClN2. The summed E-state index contributed by atoms with van der Waals surface area (Å²) < 4.78 is 0. The van der Waals surface area contributed by atoms with Crippen molar-refractivity contribution in [3.8, 4) is 0 Å². The monoisotopic (exact) mass is 196 g/mol. The van der Waals surface area contributed by atoms with Crippen molar-refractivity contribution in [2.45, 2.75) is 25.3 Å². The minimum atomic E-state index is 0.141. The van der Waals surface area contributed by atoms with Crippen molar-refractivity contribution < 1.29 is 0 Å². The number of nitrogens with one attached hydrogen (secondary N) is 1. The Morgan fingerprint density at radius 1 is 1.54 bits per heavy atom. The summed E-state index contributed by atoms with van der Waals surface area (Å²) in [5.74, 6) is 1.61. The highest BCUT2D eigenvalue weighted by Crippen LogP contribution is 2.39. The zero-order valence-electron chi connectivity index (χ0n) is 7.68. The van der Waals surface area contributed by atoms with E-state index in [2.05, 4.69) is 10.3 Å². The van der Waals surface area contributed by atoms with Crippen molar-refractivity contribution in [1.82, 2.24) is 4.98 Å². The van der Waals surface area contributed by atoms with E-state index in [9.17, 15) is 0 Å². The Balaban J connectivity index is 2.09. The van der Waals surface area contributed by atoms with Gasteiger partial charge >= 0.3 is 0 Å². The maximum Gasteiger partial charge on any atom is 0.126 e. The van der Waals surface area contributed by atoms with Crippen LogP contribution in [0.2, 0.25) is 0 Å². The van der Waals surface area contributed by atoms with Gasteiger partial charge in [0.15, 0.2) is 0 Å². The van der Waals surface area contributed by atoms with Gasteiger partial charge in [-0.05, 0) is 31.9 Å². The lowest BCUT2D eigenvalue weighted by Gasteiger charge is -2.14. The van der Waals surface area contributed by atoms with E-state index in [4.69, 9.17) is 11.6 Å². The molecule has 0 aromatic carbocycles. The van der Waals surface area contributed by atoms with Crippen LogP contribution in [0.1, 0.15) is 18.5 Å². The maximum absolute atomic E-state index is 5.86. The van der Waals surface area contributed by atoms with Crippen molar-refractivity contribution in [3.63, 3.8) is 0 Å². The summed E-state index contributed by atoms with van der Waals surface area (Å²) >= 11 is 5.86. The third-order valence-electron chi connectivity index (χ3n) is 2.39. The number of hydrogen-bond acceptors (Lipinski definition) is 2. The molecular weight excluding hydrogens is 184 g/mol. The predicted molar refractivity (Wildman–Crippen MR) is 55.3 cm³/mol. The van der Waals surface area contributed by atoms with E-state index in [1.165, 1.54) is 0 Å². The van der Waals surface area contributed by atoms with E-state index < -0.39 is 0 Å². The summed E-state index contributed by atoms with van der Waals surface area (Å²) in [6.45, 7) is 1.99. The largest absolute Gasteiger partial charge is 0.363 e. The molecule has 70 valence electrons. The molecule has 0 amide bonds. The number of aromatic nitrogens is 1. The number of halogens is 1. The molecule has 0 unspecified atom stereocenters. The second-order valence-electron chi connectivity index (χ2n) is 3.70. The number of pyridine rings is 1. The molecule has 1 aromatic heterocycles. The van der Waals surface area contributed by atoms with E-state index in [1.807, 2.05) is 25.1 Å². The summed E-state index contributed by atoms with van der Waals surface area (Å²) in [6.07, 6.45) is 2.32. The molecule has 0 aliphatic heterocycles. The molecule has 1 saturated carbocycles. The summed E-state index contributed by atoms with van der Waals surface area (Å²) in [4.78, 5) is 4.38. The molecule has 1 aliphatic rings. The minimum Gasteiger partial charge on any atom is -0.363 e. The van der Waals surface area contributed by atoms with Gasteiger partial charge in [-0.25, -0.2) is 4.98 Å². The van der Waals surface area contributed by atoms with Gasteiger partial charge < -0.3 is 5.32 Å². The topological polar surface area (TPSA) is 24.9 Å². The molecule has 0 radical (unpaired) electrons. The van der Waals surface area contributed by atoms with E-state index in [0.717, 1.165) is 24.4 Å². The first-order valence-corrected chi connectivity index (χ1v) is 5.05. The fraction of sp³-hybridized carbons (Fsp3) is 0.500. The Morgan fingerprint density at radius 2 is 2.31 bits per heavy atom. The lowest BCUT2D eigenvalue weighted by Crippen LogP contribution is -2.23. The first-order valence-electron chi connectivity index (χ1n) is 4.52. The second kappa shape index (κ2) is 3.18. The molecule has 1 N–H and O–H groups in total. The van der Waals surface area contributed by atoms with Crippen LogP contribution in [0.15, 0.2) is 18.2 Å². The molecule has 0 saturated heterocycles. The fourth-order valence-electron chi connectivity index (χ4n) is 1.33. The van der Waals surface area contributed by atoms with E-state index in [-0.39, 0.29) is 5.54 Å². The summed E-state index contributed by atoms with van der Waals surface area (Å²) in [6, 6.07) is 5.99. The molecule has 0 spiro atoms. The molecule has 2 rings (SSSR count). The van der Waals surface area contributed by atoms with Gasteiger partial charge in [0, 0.05) is 11.6 Å². The van der Waals surface area contributed by atoms with Crippen LogP contribution in [0, 0.1) is 6.92 Å². The highest BCUT2D eigenvalue weighted by atomic mass is 35.5. The number of anilines is 1. The first-order chi connectivity index (χ1) is 6.24. The fourth-order valence-corrected chi connectivity index (χ4v) is 1.66. The smallest absolute Gasteiger partial charge is 0.126 e. The van der Waals surface area contributed by atoms with Gasteiger partial charge in [0.1, 0.15) is 5.82 Å². The van der Waals surface area contributed by atoms with E-state index >= 15 is 0 Å². The summed E-state index contributed by atoms with van der Waals surface area (Å²) in [7, 11) is 0. The summed E-state index contributed by atoms with van der Waals surface area (Å²) in [5, 5.41) is 3.38. The Bertz CT molecular complexity index is 308. The average Bonchev–Trinajstić information content (AvgIpc) is 2.86. The third-order valence-corrected chi connectivity index (χ3v) is 2.90. The predicted octanol–water partition coefficient (Wildman–Crippen LogP) is 2.57. The first kappa shape index (κ1) is 8.82. The van der Waals surface area contributed by atoms with Gasteiger partial charge in [-0.15, -0.1) is 11.6 Å². The SMILES string of the molecule is Cc1cccc(NC2(CCl)CC2)n1. The van der Waals surface area contributed by atoms with Crippen LogP contribution in [0.4, 0.5) is 5.82 Å². The Hall–Kier alpha value is -0.760. The minimum absolute atomic E-state index is 0.141. The lowest BCUT2D eigenvalue weighted by atomic mass is 10.3. The number of rotatable bonds is 3. The third kappa shape index (κ3) is 1.94. The highest BCUT2D eigenvalue weighted by molar-refractivity contribution is 6.19. The molecule has 2 nitrogen and oxygen atoms in total. The van der Waals surface area contributed by atoms with Crippen LogP contribution in [0.3, 0.4) is 0 Å². The van der Waals surface area contributed by atoms with Gasteiger partial charge in [0.2, 0.25) is 0 Å². The molecule has 1 heterocycles. The quantitative estimate of drug-likeness (QED) is 0.752. The standard InChI is InChI=1S/C10H13ClN2/c1-8-3-2-4-9(12-8)13-10(7-11)5-6-10/h2-4H,5-7H2,1H3,(H,12,13). The number of aryl methyl sites for hydroxylation is 1. The van der Waals surface area contributed by atoms with E-state index in [0.29, 0.717) is 5.88 Å². The molecule has 13 heavy (non-hydrogen) atoms. The lowest BCUT2D eigenvalue weighted by molar-refractivity contribution is 0.828. The molecule has 1 aromatic rings. The van der Waals surface area contributed by atoms with Crippen LogP contribution in [-0.2, 0) is 0 Å². The normalized spacial score (nSPS) is 18.3. The van der Waals surface area contributed by atoms with Gasteiger partial charge in [-0.2, -0.15) is 0 Å². The van der Waals surface area contributed by atoms with E-state index in [1.54, 1.807) is 0 Å². The molecule has 3 heteroatoms. The highest BCUT2D eigenvalue weighted by Gasteiger charge is 2.41. The number of nitrogens with zero attached hydrogens (tertiary/aromatic N) is 1.